The summed E-state index contributed by atoms with van der Waals surface area (Å²) in [5.41, 5.74) is 0. The summed E-state index contributed by atoms with van der Waals surface area (Å²) in [6.45, 7) is 2.77. The molecule has 0 N–H and O–H groups in total. The van der Waals surface area contributed by atoms with Gasteiger partial charge in [-0.15, -0.1) is 0 Å². The zero-order valence-corrected chi connectivity index (χ0v) is 6.58. The predicted molar refractivity (Wildman–Crippen MR) is 38.0 cm³/mol. The van der Waals surface area contributed by atoms with Crippen LogP contribution in [0.3, 0.4) is 0 Å². The van der Waals surface area contributed by atoms with Crippen molar-refractivity contribution in [2.24, 2.45) is 5.92 Å². The first-order valence-electron chi connectivity index (χ1n) is 4.08. The van der Waals surface area contributed by atoms with Gasteiger partial charge in [0.05, 0.1) is 24.7 Å². The van der Waals surface area contributed by atoms with Crippen LogP contribution in [0.1, 0.15) is 19.8 Å². The summed E-state index contributed by atoms with van der Waals surface area (Å²) in [4.78, 5) is 11.1. The van der Waals surface area contributed by atoms with Gasteiger partial charge in [-0.2, -0.15) is 0 Å². The van der Waals surface area contributed by atoms with Crippen molar-refractivity contribution in [2.45, 2.75) is 32.0 Å². The standard InChI is InChI=1S/C8H12O3/c1-5-2-6(8(9)11-5)3-7-4-10-7/h5-7H,2-4H2,1H3. The fraction of sp³-hybridized carbons (Fsp3) is 0.875. The van der Waals surface area contributed by atoms with Crippen molar-refractivity contribution in [2.75, 3.05) is 6.61 Å². The number of carbonyl (C=O) groups is 1. The Kier molecular flexibility index (Phi) is 1.60. The van der Waals surface area contributed by atoms with Crippen LogP contribution >= 0.6 is 0 Å². The third kappa shape index (κ3) is 1.53. The molecule has 0 amide bonds. The molecule has 3 atom stereocenters. The Bertz CT molecular complexity index is 174. The molecule has 0 aromatic heterocycles. The summed E-state index contributed by atoms with van der Waals surface area (Å²) >= 11 is 0. The van der Waals surface area contributed by atoms with Crippen LogP contribution < -0.4 is 0 Å². The number of rotatable bonds is 2. The molecule has 0 aromatic carbocycles. The summed E-state index contributed by atoms with van der Waals surface area (Å²) in [5.74, 6) is 0.0745. The average Bonchev–Trinajstić information content (AvgIpc) is 2.64. The minimum absolute atomic E-state index is 0.0343. The quantitative estimate of drug-likeness (QED) is 0.437. The highest BCUT2D eigenvalue weighted by Gasteiger charge is 2.37. The number of hydrogen-bond acceptors (Lipinski definition) is 3. The first-order chi connectivity index (χ1) is 5.25. The fourth-order valence-electron chi connectivity index (χ4n) is 1.55. The second-order valence-corrected chi connectivity index (χ2v) is 3.37. The Balaban J connectivity index is 1.87. The molecule has 62 valence electrons. The molecule has 11 heavy (non-hydrogen) atoms. The molecular formula is C8H12O3. The van der Waals surface area contributed by atoms with Gasteiger partial charge in [-0.3, -0.25) is 4.79 Å². The second kappa shape index (κ2) is 2.48. The molecule has 3 heteroatoms. The van der Waals surface area contributed by atoms with Crippen molar-refractivity contribution in [3.63, 3.8) is 0 Å². The van der Waals surface area contributed by atoms with E-state index in [2.05, 4.69) is 0 Å². The molecular weight excluding hydrogens is 144 g/mol. The molecule has 0 spiro atoms. The first-order valence-corrected chi connectivity index (χ1v) is 4.08. The number of esters is 1. The summed E-state index contributed by atoms with van der Waals surface area (Å²) < 4.78 is 10.1. The van der Waals surface area contributed by atoms with E-state index in [4.69, 9.17) is 9.47 Å². The van der Waals surface area contributed by atoms with E-state index in [0.717, 1.165) is 19.4 Å². The highest BCUT2D eigenvalue weighted by molar-refractivity contribution is 5.74. The molecule has 2 rings (SSSR count). The predicted octanol–water partition coefficient (Wildman–Crippen LogP) is 0.727. The molecule has 0 aliphatic carbocycles. The molecule has 0 radical (unpaired) electrons. The zero-order chi connectivity index (χ0) is 7.84. The third-order valence-electron chi connectivity index (χ3n) is 2.22. The van der Waals surface area contributed by atoms with Crippen LogP contribution in [0.4, 0.5) is 0 Å². The molecule has 2 aliphatic rings. The van der Waals surface area contributed by atoms with E-state index in [-0.39, 0.29) is 18.0 Å². The number of ether oxygens (including phenoxy) is 2. The second-order valence-electron chi connectivity index (χ2n) is 3.37. The highest BCUT2D eigenvalue weighted by atomic mass is 16.6. The van der Waals surface area contributed by atoms with E-state index >= 15 is 0 Å². The van der Waals surface area contributed by atoms with Crippen LogP contribution in [0.25, 0.3) is 0 Å². The van der Waals surface area contributed by atoms with Crippen molar-refractivity contribution in [1.82, 2.24) is 0 Å². The van der Waals surface area contributed by atoms with Crippen molar-refractivity contribution in [1.29, 1.82) is 0 Å². The Morgan fingerprint density at radius 2 is 2.36 bits per heavy atom. The van der Waals surface area contributed by atoms with Crippen LogP contribution in [0.2, 0.25) is 0 Å². The monoisotopic (exact) mass is 156 g/mol. The first kappa shape index (κ1) is 7.10. The van der Waals surface area contributed by atoms with E-state index < -0.39 is 0 Å². The van der Waals surface area contributed by atoms with Crippen molar-refractivity contribution in [3.05, 3.63) is 0 Å². The van der Waals surface area contributed by atoms with Gasteiger partial charge in [0.2, 0.25) is 0 Å². The van der Waals surface area contributed by atoms with Crippen LogP contribution in [-0.4, -0.2) is 24.8 Å². The van der Waals surface area contributed by atoms with E-state index in [1.807, 2.05) is 6.92 Å². The molecule has 2 aliphatic heterocycles. The lowest BCUT2D eigenvalue weighted by atomic mass is 10.0. The fourth-order valence-corrected chi connectivity index (χ4v) is 1.55. The zero-order valence-electron chi connectivity index (χ0n) is 6.58. The lowest BCUT2D eigenvalue weighted by Crippen LogP contribution is -2.09. The van der Waals surface area contributed by atoms with Gasteiger partial charge in [0.25, 0.3) is 0 Å². The van der Waals surface area contributed by atoms with Crippen molar-refractivity contribution in [3.8, 4) is 0 Å². The maximum Gasteiger partial charge on any atom is 0.309 e. The summed E-state index contributed by atoms with van der Waals surface area (Å²) in [6, 6.07) is 0. The molecule has 2 fully saturated rings. The normalized spacial score (nSPS) is 42.3. The van der Waals surface area contributed by atoms with Gasteiger partial charge in [0.1, 0.15) is 0 Å². The number of carbonyl (C=O) groups excluding carboxylic acids is 1. The molecule has 2 heterocycles. The number of epoxide rings is 1. The topological polar surface area (TPSA) is 38.8 Å². The number of cyclic esters (lactones) is 1. The van der Waals surface area contributed by atoms with Crippen LogP contribution in [-0.2, 0) is 14.3 Å². The molecule has 0 saturated carbocycles. The molecule has 2 saturated heterocycles. The molecule has 3 unspecified atom stereocenters. The van der Waals surface area contributed by atoms with Crippen LogP contribution in [0.5, 0.6) is 0 Å². The lowest BCUT2D eigenvalue weighted by Gasteiger charge is -1.99. The lowest BCUT2D eigenvalue weighted by molar-refractivity contribution is -0.144. The van der Waals surface area contributed by atoms with Crippen molar-refractivity contribution >= 4 is 5.97 Å². The molecule has 0 bridgehead atoms. The van der Waals surface area contributed by atoms with Crippen molar-refractivity contribution < 1.29 is 14.3 Å². The average molecular weight is 156 g/mol. The Hall–Kier alpha value is -0.570. The largest absolute Gasteiger partial charge is 0.462 e. The third-order valence-corrected chi connectivity index (χ3v) is 2.22. The summed E-state index contributed by atoms with van der Waals surface area (Å²) in [6.07, 6.45) is 2.20. The van der Waals surface area contributed by atoms with E-state index in [9.17, 15) is 4.79 Å². The maximum absolute atomic E-state index is 11.1. The van der Waals surface area contributed by atoms with E-state index in [1.54, 1.807) is 0 Å². The molecule has 3 nitrogen and oxygen atoms in total. The highest BCUT2D eigenvalue weighted by Crippen LogP contribution is 2.29. The van der Waals surface area contributed by atoms with Gasteiger partial charge in [-0.1, -0.05) is 0 Å². The van der Waals surface area contributed by atoms with Gasteiger partial charge >= 0.3 is 5.97 Å². The van der Waals surface area contributed by atoms with E-state index in [0.29, 0.717) is 6.10 Å². The van der Waals surface area contributed by atoms with E-state index in [1.165, 1.54) is 0 Å². The smallest absolute Gasteiger partial charge is 0.309 e. The Morgan fingerprint density at radius 3 is 2.82 bits per heavy atom. The molecule has 0 aromatic rings. The van der Waals surface area contributed by atoms with Gasteiger partial charge in [-0.05, 0) is 19.8 Å². The SMILES string of the molecule is CC1CC(CC2CO2)C(=O)O1. The Morgan fingerprint density at radius 1 is 1.64 bits per heavy atom. The minimum atomic E-state index is -0.0343. The van der Waals surface area contributed by atoms with Gasteiger partial charge in [0, 0.05) is 0 Å². The summed E-state index contributed by atoms with van der Waals surface area (Å²) in [7, 11) is 0. The van der Waals surface area contributed by atoms with Gasteiger partial charge in [-0.25, -0.2) is 0 Å². The van der Waals surface area contributed by atoms with Gasteiger partial charge in [0.15, 0.2) is 0 Å². The van der Waals surface area contributed by atoms with Crippen LogP contribution in [0, 0.1) is 5.92 Å². The minimum Gasteiger partial charge on any atom is -0.462 e. The number of hydrogen-bond donors (Lipinski definition) is 0. The Labute approximate surface area is 65.7 Å². The maximum atomic E-state index is 11.1. The van der Waals surface area contributed by atoms with Crippen LogP contribution in [0.15, 0.2) is 0 Å². The van der Waals surface area contributed by atoms with Gasteiger partial charge < -0.3 is 9.47 Å². The summed E-state index contributed by atoms with van der Waals surface area (Å²) in [5, 5.41) is 0.